The van der Waals surface area contributed by atoms with Crippen LogP contribution in [0.2, 0.25) is 0 Å². The monoisotopic (exact) mass is 327 g/mol. The maximum atomic E-state index is 5.76. The Morgan fingerprint density at radius 1 is 1.53 bits per heavy atom. The quantitative estimate of drug-likeness (QED) is 0.864. The zero-order chi connectivity index (χ0) is 13.7. The highest BCUT2D eigenvalue weighted by atomic mass is 79.9. The minimum atomic E-state index is 0.327. The third-order valence-electron chi connectivity index (χ3n) is 3.56. The van der Waals surface area contributed by atoms with Crippen molar-refractivity contribution in [3.05, 3.63) is 28.2 Å². The van der Waals surface area contributed by atoms with Crippen molar-refractivity contribution in [2.24, 2.45) is 0 Å². The van der Waals surface area contributed by atoms with Gasteiger partial charge in [0.1, 0.15) is 5.75 Å². The van der Waals surface area contributed by atoms with E-state index in [0.29, 0.717) is 12.1 Å². The van der Waals surface area contributed by atoms with Crippen LogP contribution < -0.4 is 10.1 Å². The van der Waals surface area contributed by atoms with Gasteiger partial charge in [-0.1, -0.05) is 28.9 Å². The van der Waals surface area contributed by atoms with Gasteiger partial charge in [-0.05, 0) is 43.5 Å². The van der Waals surface area contributed by atoms with E-state index in [0.717, 1.165) is 29.8 Å². The predicted octanol–water partition coefficient (Wildman–Crippen LogP) is 3.68. The van der Waals surface area contributed by atoms with Gasteiger partial charge in [-0.3, -0.25) is 0 Å². The average Bonchev–Trinajstić information content (AvgIpc) is 2.91. The van der Waals surface area contributed by atoms with Crippen LogP contribution in [0, 0.1) is 0 Å². The summed E-state index contributed by atoms with van der Waals surface area (Å²) in [5.74, 6) is 0.878. The van der Waals surface area contributed by atoms with E-state index in [1.54, 1.807) is 7.11 Å². The van der Waals surface area contributed by atoms with Crippen LogP contribution in [0.1, 0.15) is 37.8 Å². The Labute approximate surface area is 123 Å². The molecule has 2 unspecified atom stereocenters. The summed E-state index contributed by atoms with van der Waals surface area (Å²) in [6.07, 6.45) is 3.78. The van der Waals surface area contributed by atoms with Crippen LogP contribution in [0.5, 0.6) is 5.75 Å². The molecule has 0 aliphatic carbocycles. The highest BCUT2D eigenvalue weighted by molar-refractivity contribution is 9.10. The minimum Gasteiger partial charge on any atom is -0.497 e. The largest absolute Gasteiger partial charge is 0.497 e. The first-order valence-corrected chi connectivity index (χ1v) is 7.72. The number of ether oxygens (including phenoxy) is 2. The first-order chi connectivity index (χ1) is 9.24. The van der Waals surface area contributed by atoms with E-state index in [-0.39, 0.29) is 0 Å². The number of benzene rings is 1. The molecule has 4 heteroatoms. The molecule has 1 aromatic carbocycles. The second kappa shape index (κ2) is 7.27. The highest BCUT2D eigenvalue weighted by Gasteiger charge is 2.22. The van der Waals surface area contributed by atoms with E-state index < -0.39 is 0 Å². The summed E-state index contributed by atoms with van der Waals surface area (Å²) < 4.78 is 12.1. The topological polar surface area (TPSA) is 30.5 Å². The van der Waals surface area contributed by atoms with Crippen LogP contribution in [-0.4, -0.2) is 26.4 Å². The average molecular weight is 328 g/mol. The molecular weight excluding hydrogens is 306 g/mol. The molecule has 0 spiro atoms. The molecule has 1 aromatic rings. The number of hydrogen-bond acceptors (Lipinski definition) is 3. The molecule has 19 heavy (non-hydrogen) atoms. The van der Waals surface area contributed by atoms with Gasteiger partial charge in [0.2, 0.25) is 0 Å². The van der Waals surface area contributed by atoms with Crippen molar-refractivity contribution in [1.29, 1.82) is 0 Å². The molecule has 0 amide bonds. The van der Waals surface area contributed by atoms with Crippen LogP contribution in [-0.2, 0) is 4.74 Å². The van der Waals surface area contributed by atoms with Gasteiger partial charge in [0.25, 0.3) is 0 Å². The molecule has 0 aromatic heterocycles. The fraction of sp³-hybridized carbons (Fsp3) is 0.600. The van der Waals surface area contributed by atoms with E-state index in [2.05, 4.69) is 34.2 Å². The third kappa shape index (κ3) is 3.94. The van der Waals surface area contributed by atoms with Gasteiger partial charge in [-0.2, -0.15) is 0 Å². The zero-order valence-electron chi connectivity index (χ0n) is 11.6. The lowest BCUT2D eigenvalue weighted by Crippen LogP contribution is -2.25. The van der Waals surface area contributed by atoms with Crippen molar-refractivity contribution in [3.63, 3.8) is 0 Å². The molecule has 1 N–H and O–H groups in total. The molecule has 1 aliphatic rings. The Balaban J connectivity index is 2.12. The lowest BCUT2D eigenvalue weighted by molar-refractivity contribution is 0.0947. The lowest BCUT2D eigenvalue weighted by atomic mass is 9.99. The molecule has 0 bridgehead atoms. The van der Waals surface area contributed by atoms with Crippen molar-refractivity contribution >= 4 is 15.9 Å². The van der Waals surface area contributed by atoms with Gasteiger partial charge in [0.05, 0.1) is 13.2 Å². The molecule has 0 radical (unpaired) electrons. The van der Waals surface area contributed by atoms with E-state index in [1.165, 1.54) is 18.4 Å². The standard InChI is InChI=1S/C15H22BrNO2/c1-3-17-15(10-12-5-4-8-19-12)13-7-6-11(18-2)9-14(13)16/h6-7,9,12,15,17H,3-5,8,10H2,1-2H3. The summed E-state index contributed by atoms with van der Waals surface area (Å²) in [6, 6.07) is 6.49. The number of hydrogen-bond donors (Lipinski definition) is 1. The number of rotatable bonds is 6. The van der Waals surface area contributed by atoms with Crippen molar-refractivity contribution in [1.82, 2.24) is 5.32 Å². The van der Waals surface area contributed by atoms with Crippen molar-refractivity contribution in [3.8, 4) is 5.75 Å². The van der Waals surface area contributed by atoms with Gasteiger partial charge in [0, 0.05) is 17.1 Å². The van der Waals surface area contributed by atoms with E-state index in [4.69, 9.17) is 9.47 Å². The maximum Gasteiger partial charge on any atom is 0.120 e. The number of nitrogens with one attached hydrogen (secondary N) is 1. The highest BCUT2D eigenvalue weighted by Crippen LogP contribution is 2.32. The molecule has 2 rings (SSSR count). The predicted molar refractivity (Wildman–Crippen MR) is 80.7 cm³/mol. The Bertz CT molecular complexity index is 405. The van der Waals surface area contributed by atoms with Gasteiger partial charge >= 0.3 is 0 Å². The molecule has 1 heterocycles. The SMILES string of the molecule is CCNC(CC1CCCO1)c1ccc(OC)cc1Br. The van der Waals surface area contributed by atoms with Crippen LogP contribution in [0.15, 0.2) is 22.7 Å². The lowest BCUT2D eigenvalue weighted by Gasteiger charge is -2.23. The van der Waals surface area contributed by atoms with E-state index >= 15 is 0 Å². The van der Waals surface area contributed by atoms with Crippen molar-refractivity contribution in [2.75, 3.05) is 20.3 Å². The normalized spacial score (nSPS) is 20.5. The molecular formula is C15H22BrNO2. The van der Waals surface area contributed by atoms with E-state index in [1.807, 2.05) is 12.1 Å². The number of methoxy groups -OCH3 is 1. The second-order valence-corrected chi connectivity index (χ2v) is 5.72. The molecule has 106 valence electrons. The fourth-order valence-electron chi connectivity index (χ4n) is 2.58. The van der Waals surface area contributed by atoms with Gasteiger partial charge in [0.15, 0.2) is 0 Å². The molecule has 1 aliphatic heterocycles. The molecule has 3 nitrogen and oxygen atoms in total. The maximum absolute atomic E-state index is 5.76. The van der Waals surface area contributed by atoms with Gasteiger partial charge < -0.3 is 14.8 Å². The van der Waals surface area contributed by atoms with Crippen LogP contribution in [0.4, 0.5) is 0 Å². The smallest absolute Gasteiger partial charge is 0.120 e. The summed E-state index contributed by atoms with van der Waals surface area (Å²) >= 11 is 3.65. The van der Waals surface area contributed by atoms with Crippen LogP contribution in [0.3, 0.4) is 0 Å². The van der Waals surface area contributed by atoms with Gasteiger partial charge in [-0.25, -0.2) is 0 Å². The Hall–Kier alpha value is -0.580. The second-order valence-electron chi connectivity index (χ2n) is 4.87. The zero-order valence-corrected chi connectivity index (χ0v) is 13.2. The molecule has 2 atom stereocenters. The molecule has 0 saturated carbocycles. The Morgan fingerprint density at radius 2 is 2.37 bits per heavy atom. The fourth-order valence-corrected chi connectivity index (χ4v) is 3.21. The molecule has 1 saturated heterocycles. The summed E-state index contributed by atoms with van der Waals surface area (Å²) in [7, 11) is 1.69. The minimum absolute atomic E-state index is 0.327. The van der Waals surface area contributed by atoms with Crippen LogP contribution in [0.25, 0.3) is 0 Å². The number of halogens is 1. The summed E-state index contributed by atoms with van der Waals surface area (Å²) in [6.45, 7) is 4.00. The first-order valence-electron chi connectivity index (χ1n) is 6.93. The summed E-state index contributed by atoms with van der Waals surface area (Å²) in [5, 5.41) is 3.55. The Kier molecular flexibility index (Phi) is 5.67. The molecule has 1 fully saturated rings. The van der Waals surface area contributed by atoms with Crippen molar-refractivity contribution in [2.45, 2.75) is 38.3 Å². The summed E-state index contributed by atoms with van der Waals surface area (Å²) in [4.78, 5) is 0. The van der Waals surface area contributed by atoms with E-state index in [9.17, 15) is 0 Å². The van der Waals surface area contributed by atoms with Crippen LogP contribution >= 0.6 is 15.9 Å². The third-order valence-corrected chi connectivity index (χ3v) is 4.24. The van der Waals surface area contributed by atoms with Crippen molar-refractivity contribution < 1.29 is 9.47 Å². The van der Waals surface area contributed by atoms with Gasteiger partial charge in [-0.15, -0.1) is 0 Å². The summed E-state index contributed by atoms with van der Waals surface area (Å²) in [5.41, 5.74) is 1.28. The first kappa shape index (κ1) is 14.8. The Morgan fingerprint density at radius 3 is 2.95 bits per heavy atom.